The summed E-state index contributed by atoms with van der Waals surface area (Å²) in [6, 6.07) is 7.15. The third-order valence-electron chi connectivity index (χ3n) is 2.26. The van der Waals surface area contributed by atoms with Crippen molar-refractivity contribution in [3.63, 3.8) is 0 Å². The molecule has 18 heavy (non-hydrogen) atoms. The predicted octanol–water partition coefficient (Wildman–Crippen LogP) is 2.28. The van der Waals surface area contributed by atoms with Crippen LogP contribution in [0.25, 0.3) is 0 Å². The first kappa shape index (κ1) is 14.0. The maximum absolute atomic E-state index is 11.6. The molecular weight excluding hydrogens is 234 g/mol. The van der Waals surface area contributed by atoms with E-state index in [0.29, 0.717) is 24.5 Å². The van der Waals surface area contributed by atoms with Gasteiger partial charge in [-0.15, -0.1) is 0 Å². The Morgan fingerprint density at radius 1 is 1.28 bits per heavy atom. The van der Waals surface area contributed by atoms with Gasteiger partial charge in [-0.25, -0.2) is 0 Å². The average molecular weight is 251 g/mol. The standard InChI is InChI=1S/C13H17NO4/c1-2-18-11-7-4-3-6-10(11)14-12(15)8-5-9-13(16)17/h3-4,6-7H,2,5,8-9H2,1H3,(H,14,15)(H,16,17). The van der Waals surface area contributed by atoms with E-state index < -0.39 is 5.97 Å². The third kappa shape index (κ3) is 4.86. The fourth-order valence-corrected chi connectivity index (χ4v) is 1.46. The van der Waals surface area contributed by atoms with Crippen LogP contribution >= 0.6 is 0 Å². The van der Waals surface area contributed by atoms with Gasteiger partial charge in [-0.1, -0.05) is 12.1 Å². The Kier molecular flexibility index (Phi) is 5.70. The number of carbonyl (C=O) groups is 2. The second-order valence-corrected chi connectivity index (χ2v) is 3.72. The van der Waals surface area contributed by atoms with Crippen molar-refractivity contribution >= 4 is 17.6 Å². The molecule has 0 spiro atoms. The Bertz CT molecular complexity index is 417. The van der Waals surface area contributed by atoms with Gasteiger partial charge >= 0.3 is 5.97 Å². The molecule has 0 aromatic heterocycles. The van der Waals surface area contributed by atoms with E-state index in [1.807, 2.05) is 13.0 Å². The highest BCUT2D eigenvalue weighted by Crippen LogP contribution is 2.23. The summed E-state index contributed by atoms with van der Waals surface area (Å²) >= 11 is 0. The molecule has 5 heteroatoms. The number of rotatable bonds is 7. The van der Waals surface area contributed by atoms with E-state index in [0.717, 1.165) is 0 Å². The van der Waals surface area contributed by atoms with Gasteiger partial charge in [0.1, 0.15) is 5.75 Å². The lowest BCUT2D eigenvalue weighted by Crippen LogP contribution is -2.12. The molecule has 2 N–H and O–H groups in total. The zero-order valence-electron chi connectivity index (χ0n) is 10.3. The van der Waals surface area contributed by atoms with Gasteiger partial charge in [-0.2, -0.15) is 0 Å². The zero-order chi connectivity index (χ0) is 13.4. The van der Waals surface area contributed by atoms with Crippen molar-refractivity contribution in [1.29, 1.82) is 0 Å². The number of nitrogens with one attached hydrogen (secondary N) is 1. The number of hydrogen-bond acceptors (Lipinski definition) is 3. The maximum atomic E-state index is 11.6. The molecule has 0 heterocycles. The van der Waals surface area contributed by atoms with Gasteiger partial charge in [0.2, 0.25) is 5.91 Å². The molecule has 0 fully saturated rings. The molecule has 1 aromatic carbocycles. The average Bonchev–Trinajstić information content (AvgIpc) is 2.31. The second kappa shape index (κ2) is 7.32. The van der Waals surface area contributed by atoms with Crippen molar-refractivity contribution in [3.05, 3.63) is 24.3 Å². The monoisotopic (exact) mass is 251 g/mol. The Hall–Kier alpha value is -2.04. The van der Waals surface area contributed by atoms with E-state index >= 15 is 0 Å². The van der Waals surface area contributed by atoms with Crippen molar-refractivity contribution in [1.82, 2.24) is 0 Å². The second-order valence-electron chi connectivity index (χ2n) is 3.72. The molecule has 0 bridgehead atoms. The number of anilines is 1. The highest BCUT2D eigenvalue weighted by molar-refractivity contribution is 5.92. The zero-order valence-corrected chi connectivity index (χ0v) is 10.3. The summed E-state index contributed by atoms with van der Waals surface area (Å²) < 4.78 is 5.37. The summed E-state index contributed by atoms with van der Waals surface area (Å²) in [6.45, 7) is 2.39. The molecule has 0 saturated carbocycles. The van der Waals surface area contributed by atoms with Gasteiger partial charge in [-0.05, 0) is 25.5 Å². The molecular formula is C13H17NO4. The SMILES string of the molecule is CCOc1ccccc1NC(=O)CCCC(=O)O. The van der Waals surface area contributed by atoms with Crippen LogP contribution in [0, 0.1) is 0 Å². The molecule has 1 amide bonds. The number of carboxylic acids is 1. The smallest absolute Gasteiger partial charge is 0.303 e. The van der Waals surface area contributed by atoms with E-state index in [-0.39, 0.29) is 18.7 Å². The normalized spacial score (nSPS) is 9.83. The third-order valence-corrected chi connectivity index (χ3v) is 2.26. The van der Waals surface area contributed by atoms with E-state index in [4.69, 9.17) is 9.84 Å². The molecule has 0 aliphatic heterocycles. The fourth-order valence-electron chi connectivity index (χ4n) is 1.46. The summed E-state index contributed by atoms with van der Waals surface area (Å²) in [4.78, 5) is 21.9. The Labute approximate surface area is 106 Å². The van der Waals surface area contributed by atoms with Crippen LogP contribution in [-0.4, -0.2) is 23.6 Å². The van der Waals surface area contributed by atoms with E-state index in [1.165, 1.54) is 0 Å². The lowest BCUT2D eigenvalue weighted by atomic mass is 10.2. The van der Waals surface area contributed by atoms with Gasteiger partial charge in [0.15, 0.2) is 0 Å². The number of carboxylic acid groups (broad SMARTS) is 1. The Balaban J connectivity index is 2.50. The van der Waals surface area contributed by atoms with Crippen molar-refractivity contribution < 1.29 is 19.4 Å². The van der Waals surface area contributed by atoms with Gasteiger partial charge in [0.05, 0.1) is 12.3 Å². The summed E-state index contributed by atoms with van der Waals surface area (Å²) in [7, 11) is 0. The summed E-state index contributed by atoms with van der Waals surface area (Å²) in [6.07, 6.45) is 0.519. The highest BCUT2D eigenvalue weighted by atomic mass is 16.5. The molecule has 0 aliphatic rings. The minimum absolute atomic E-state index is 0.000523. The number of benzene rings is 1. The minimum Gasteiger partial charge on any atom is -0.492 e. The molecule has 0 radical (unpaired) electrons. The first-order chi connectivity index (χ1) is 8.63. The lowest BCUT2D eigenvalue weighted by Gasteiger charge is -2.10. The first-order valence-electron chi connectivity index (χ1n) is 5.87. The largest absolute Gasteiger partial charge is 0.492 e. The van der Waals surface area contributed by atoms with Crippen LogP contribution in [0.15, 0.2) is 24.3 Å². The minimum atomic E-state index is -0.891. The molecule has 1 aromatic rings. The van der Waals surface area contributed by atoms with Crippen LogP contribution < -0.4 is 10.1 Å². The predicted molar refractivity (Wildman–Crippen MR) is 67.7 cm³/mol. The van der Waals surface area contributed by atoms with Crippen LogP contribution in [0.1, 0.15) is 26.2 Å². The summed E-state index contributed by atoms with van der Waals surface area (Å²) in [5, 5.41) is 11.2. The van der Waals surface area contributed by atoms with Crippen LogP contribution in [0.5, 0.6) is 5.75 Å². The first-order valence-corrected chi connectivity index (χ1v) is 5.87. The lowest BCUT2D eigenvalue weighted by molar-refractivity contribution is -0.137. The molecule has 1 rings (SSSR count). The number of hydrogen-bond donors (Lipinski definition) is 2. The summed E-state index contributed by atoms with van der Waals surface area (Å²) in [5.41, 5.74) is 0.611. The maximum Gasteiger partial charge on any atom is 0.303 e. The van der Waals surface area contributed by atoms with Crippen molar-refractivity contribution in [2.75, 3.05) is 11.9 Å². The quantitative estimate of drug-likeness (QED) is 0.779. The van der Waals surface area contributed by atoms with Gasteiger partial charge in [0.25, 0.3) is 0 Å². The van der Waals surface area contributed by atoms with E-state index in [1.54, 1.807) is 18.2 Å². The molecule has 5 nitrogen and oxygen atoms in total. The molecule has 98 valence electrons. The van der Waals surface area contributed by atoms with Gasteiger partial charge in [0, 0.05) is 12.8 Å². The van der Waals surface area contributed by atoms with E-state index in [9.17, 15) is 9.59 Å². The number of carbonyl (C=O) groups excluding carboxylic acids is 1. The molecule has 0 saturated heterocycles. The van der Waals surface area contributed by atoms with Crippen LogP contribution in [-0.2, 0) is 9.59 Å². The van der Waals surface area contributed by atoms with Crippen LogP contribution in [0.4, 0.5) is 5.69 Å². The van der Waals surface area contributed by atoms with Crippen molar-refractivity contribution in [3.8, 4) is 5.75 Å². The van der Waals surface area contributed by atoms with Crippen molar-refractivity contribution in [2.45, 2.75) is 26.2 Å². The molecule has 0 unspecified atom stereocenters. The van der Waals surface area contributed by atoms with Gasteiger partial charge < -0.3 is 15.2 Å². The van der Waals surface area contributed by atoms with E-state index in [2.05, 4.69) is 5.32 Å². The molecule has 0 aliphatic carbocycles. The van der Waals surface area contributed by atoms with Crippen molar-refractivity contribution in [2.24, 2.45) is 0 Å². The van der Waals surface area contributed by atoms with Crippen LogP contribution in [0.3, 0.4) is 0 Å². The topological polar surface area (TPSA) is 75.6 Å². The van der Waals surface area contributed by atoms with Gasteiger partial charge in [-0.3, -0.25) is 9.59 Å². The number of amides is 1. The fraction of sp³-hybridized carbons (Fsp3) is 0.385. The number of ether oxygens (including phenoxy) is 1. The number of aliphatic carboxylic acids is 1. The Morgan fingerprint density at radius 3 is 2.67 bits per heavy atom. The van der Waals surface area contributed by atoms with Crippen LogP contribution in [0.2, 0.25) is 0 Å². The molecule has 0 atom stereocenters. The highest BCUT2D eigenvalue weighted by Gasteiger charge is 2.07. The number of para-hydroxylation sites is 2. The Morgan fingerprint density at radius 2 is 2.00 bits per heavy atom. The summed E-state index contributed by atoms with van der Waals surface area (Å²) in [5.74, 6) is -0.479.